The molecule has 0 bridgehead atoms. The SMILES string of the molecule is CCCn1c(C)cc(C=C(C#N)C(=O)Nc2ccc(C(C)=O)cc2)c1C. The van der Waals surface area contributed by atoms with E-state index in [1.165, 1.54) is 6.92 Å². The molecule has 0 atom stereocenters. The molecule has 0 saturated heterocycles. The van der Waals surface area contributed by atoms with Gasteiger partial charge < -0.3 is 9.88 Å². The largest absolute Gasteiger partial charge is 0.349 e. The second-order valence-electron chi connectivity index (χ2n) is 6.24. The van der Waals surface area contributed by atoms with Crippen molar-refractivity contribution >= 4 is 23.5 Å². The van der Waals surface area contributed by atoms with Crippen LogP contribution >= 0.6 is 0 Å². The molecule has 1 amide bonds. The Labute approximate surface area is 153 Å². The number of aromatic nitrogens is 1. The van der Waals surface area contributed by atoms with E-state index in [9.17, 15) is 14.9 Å². The van der Waals surface area contributed by atoms with Gasteiger partial charge in [0.2, 0.25) is 0 Å². The van der Waals surface area contributed by atoms with Crippen LogP contribution in [-0.4, -0.2) is 16.3 Å². The molecule has 134 valence electrons. The zero-order chi connectivity index (χ0) is 19.3. The first-order valence-electron chi connectivity index (χ1n) is 8.58. The highest BCUT2D eigenvalue weighted by Gasteiger charge is 2.13. The van der Waals surface area contributed by atoms with Crippen LogP contribution in [0.5, 0.6) is 0 Å². The van der Waals surface area contributed by atoms with Crippen molar-refractivity contribution in [2.24, 2.45) is 0 Å². The van der Waals surface area contributed by atoms with Crippen molar-refractivity contribution < 1.29 is 9.59 Å². The first-order valence-corrected chi connectivity index (χ1v) is 8.58. The maximum Gasteiger partial charge on any atom is 0.266 e. The van der Waals surface area contributed by atoms with Gasteiger partial charge in [-0.2, -0.15) is 5.26 Å². The lowest BCUT2D eigenvalue weighted by molar-refractivity contribution is -0.112. The number of nitriles is 1. The summed E-state index contributed by atoms with van der Waals surface area (Å²) < 4.78 is 2.18. The molecule has 0 fully saturated rings. The number of nitrogens with zero attached hydrogens (tertiary/aromatic N) is 2. The minimum Gasteiger partial charge on any atom is -0.349 e. The Kier molecular flexibility index (Phi) is 6.13. The number of hydrogen-bond acceptors (Lipinski definition) is 3. The quantitative estimate of drug-likeness (QED) is 0.481. The lowest BCUT2D eigenvalue weighted by atomic mass is 10.1. The van der Waals surface area contributed by atoms with E-state index in [0.717, 1.165) is 29.9 Å². The molecule has 1 heterocycles. The lowest BCUT2D eigenvalue weighted by Crippen LogP contribution is -2.13. The molecule has 0 aliphatic carbocycles. The summed E-state index contributed by atoms with van der Waals surface area (Å²) >= 11 is 0. The Morgan fingerprint density at radius 1 is 1.23 bits per heavy atom. The zero-order valence-corrected chi connectivity index (χ0v) is 15.6. The predicted molar refractivity (Wildman–Crippen MR) is 103 cm³/mol. The minimum absolute atomic E-state index is 0.0390. The Bertz CT molecular complexity index is 897. The molecule has 1 N–H and O–H groups in total. The van der Waals surface area contributed by atoms with Crippen molar-refractivity contribution in [3.8, 4) is 6.07 Å². The third-order valence-electron chi connectivity index (χ3n) is 4.27. The molecule has 1 aromatic carbocycles. The van der Waals surface area contributed by atoms with Crippen molar-refractivity contribution in [1.82, 2.24) is 4.57 Å². The van der Waals surface area contributed by atoms with E-state index in [4.69, 9.17) is 0 Å². The van der Waals surface area contributed by atoms with Gasteiger partial charge in [-0.3, -0.25) is 9.59 Å². The third kappa shape index (κ3) is 4.28. The predicted octanol–water partition coefficient (Wildman–Crippen LogP) is 4.26. The van der Waals surface area contributed by atoms with Crippen LogP contribution in [0.2, 0.25) is 0 Å². The lowest BCUT2D eigenvalue weighted by Gasteiger charge is -2.07. The monoisotopic (exact) mass is 349 g/mol. The molecule has 2 aromatic rings. The number of carbonyl (C=O) groups is 2. The van der Waals surface area contributed by atoms with E-state index in [-0.39, 0.29) is 11.4 Å². The summed E-state index contributed by atoms with van der Waals surface area (Å²) in [6.45, 7) is 8.51. The molecule has 0 aliphatic rings. The van der Waals surface area contributed by atoms with Gasteiger partial charge in [-0.25, -0.2) is 0 Å². The van der Waals surface area contributed by atoms with Gasteiger partial charge in [0, 0.05) is 29.2 Å². The molecule has 5 heteroatoms. The Morgan fingerprint density at radius 3 is 2.42 bits per heavy atom. The van der Waals surface area contributed by atoms with Crippen LogP contribution in [-0.2, 0) is 11.3 Å². The highest BCUT2D eigenvalue weighted by Crippen LogP contribution is 2.19. The number of aryl methyl sites for hydroxylation is 1. The molecule has 26 heavy (non-hydrogen) atoms. The number of anilines is 1. The van der Waals surface area contributed by atoms with E-state index < -0.39 is 5.91 Å². The van der Waals surface area contributed by atoms with Gasteiger partial charge >= 0.3 is 0 Å². The van der Waals surface area contributed by atoms with Crippen LogP contribution in [0.4, 0.5) is 5.69 Å². The van der Waals surface area contributed by atoms with Crippen molar-refractivity contribution in [1.29, 1.82) is 5.26 Å². The second kappa shape index (κ2) is 8.30. The van der Waals surface area contributed by atoms with Gasteiger partial charge in [-0.05, 0) is 69.2 Å². The molecule has 0 saturated carbocycles. The average Bonchev–Trinajstić information content (AvgIpc) is 2.87. The van der Waals surface area contributed by atoms with Crippen molar-refractivity contribution in [3.63, 3.8) is 0 Å². The Morgan fingerprint density at radius 2 is 1.88 bits per heavy atom. The number of ketones is 1. The highest BCUT2D eigenvalue weighted by molar-refractivity contribution is 6.09. The Hall–Kier alpha value is -3.13. The van der Waals surface area contributed by atoms with E-state index >= 15 is 0 Å². The molecule has 5 nitrogen and oxygen atoms in total. The molecular formula is C21H23N3O2. The first kappa shape index (κ1) is 19.2. The standard InChI is InChI=1S/C21H23N3O2/c1-5-10-24-14(2)11-18(15(24)3)12-19(13-22)21(26)23-20-8-6-17(7-9-20)16(4)25/h6-9,11-12H,5,10H2,1-4H3,(H,23,26). The van der Waals surface area contributed by atoms with Crippen LogP contribution in [0.3, 0.4) is 0 Å². The topological polar surface area (TPSA) is 74.9 Å². The average molecular weight is 349 g/mol. The minimum atomic E-state index is -0.469. The summed E-state index contributed by atoms with van der Waals surface area (Å²) in [5, 5.41) is 12.1. The molecular weight excluding hydrogens is 326 g/mol. The van der Waals surface area contributed by atoms with Crippen molar-refractivity contribution in [2.75, 3.05) is 5.32 Å². The van der Waals surface area contributed by atoms with Crippen molar-refractivity contribution in [3.05, 3.63) is 58.4 Å². The summed E-state index contributed by atoms with van der Waals surface area (Å²) in [5.74, 6) is -0.508. The molecule has 0 radical (unpaired) electrons. The second-order valence-corrected chi connectivity index (χ2v) is 6.24. The fourth-order valence-electron chi connectivity index (χ4n) is 2.83. The number of rotatable bonds is 6. The van der Waals surface area contributed by atoms with Gasteiger partial charge in [-0.15, -0.1) is 0 Å². The van der Waals surface area contributed by atoms with Crippen LogP contribution < -0.4 is 5.32 Å². The molecule has 0 unspecified atom stereocenters. The van der Waals surface area contributed by atoms with Crippen molar-refractivity contribution in [2.45, 2.75) is 40.7 Å². The number of Topliss-reactive ketones (excluding diaryl/α,β-unsaturated/α-hetero) is 1. The number of hydrogen-bond donors (Lipinski definition) is 1. The number of benzene rings is 1. The molecule has 0 spiro atoms. The smallest absolute Gasteiger partial charge is 0.266 e. The van der Waals surface area contributed by atoms with Crippen LogP contribution in [0, 0.1) is 25.2 Å². The highest BCUT2D eigenvalue weighted by atomic mass is 16.1. The van der Waals surface area contributed by atoms with Crippen LogP contribution in [0.1, 0.15) is 47.6 Å². The van der Waals surface area contributed by atoms with Gasteiger partial charge in [0.25, 0.3) is 5.91 Å². The summed E-state index contributed by atoms with van der Waals surface area (Å²) in [5.41, 5.74) is 4.16. The summed E-state index contributed by atoms with van der Waals surface area (Å²) in [4.78, 5) is 23.7. The zero-order valence-electron chi connectivity index (χ0n) is 15.6. The van der Waals surface area contributed by atoms with Crippen LogP contribution in [0.25, 0.3) is 6.08 Å². The van der Waals surface area contributed by atoms with Gasteiger partial charge in [-0.1, -0.05) is 6.92 Å². The maximum absolute atomic E-state index is 12.4. The number of amides is 1. The molecule has 1 aromatic heterocycles. The van der Waals surface area contributed by atoms with E-state index in [2.05, 4.69) is 16.8 Å². The molecule has 0 aliphatic heterocycles. The fraction of sp³-hybridized carbons (Fsp3) is 0.286. The van der Waals surface area contributed by atoms with E-state index in [1.807, 2.05) is 26.0 Å². The summed E-state index contributed by atoms with van der Waals surface area (Å²) in [7, 11) is 0. The maximum atomic E-state index is 12.4. The van der Waals surface area contributed by atoms with E-state index in [1.54, 1.807) is 30.3 Å². The normalized spacial score (nSPS) is 11.1. The molecule has 2 rings (SSSR count). The third-order valence-corrected chi connectivity index (χ3v) is 4.27. The summed E-state index contributed by atoms with van der Waals surface area (Å²) in [6.07, 6.45) is 2.63. The fourth-order valence-corrected chi connectivity index (χ4v) is 2.83. The van der Waals surface area contributed by atoms with E-state index in [0.29, 0.717) is 11.3 Å². The summed E-state index contributed by atoms with van der Waals surface area (Å²) in [6, 6.07) is 10.5. The Balaban J connectivity index is 2.23. The van der Waals surface area contributed by atoms with Gasteiger partial charge in [0.1, 0.15) is 11.6 Å². The number of carbonyl (C=O) groups excluding carboxylic acids is 2. The number of nitrogens with one attached hydrogen (secondary N) is 1. The first-order chi connectivity index (χ1) is 12.4. The van der Waals surface area contributed by atoms with Gasteiger partial charge in [0.05, 0.1) is 0 Å². The van der Waals surface area contributed by atoms with Crippen LogP contribution in [0.15, 0.2) is 35.9 Å². The van der Waals surface area contributed by atoms with Gasteiger partial charge in [0.15, 0.2) is 5.78 Å².